The van der Waals surface area contributed by atoms with E-state index >= 15 is 0 Å². The highest BCUT2D eigenvalue weighted by Gasteiger charge is 2.18. The monoisotopic (exact) mass is 427 g/mol. The first-order valence-electron chi connectivity index (χ1n) is 9.87. The third-order valence-corrected chi connectivity index (χ3v) is 5.04. The van der Waals surface area contributed by atoms with Crippen molar-refractivity contribution in [3.8, 4) is 28.1 Å². The molecule has 7 nitrogen and oxygen atoms in total. The van der Waals surface area contributed by atoms with E-state index < -0.39 is 5.91 Å². The van der Waals surface area contributed by atoms with Gasteiger partial charge in [-0.3, -0.25) is 14.8 Å². The van der Waals surface area contributed by atoms with Gasteiger partial charge < -0.3 is 15.0 Å². The lowest BCUT2D eigenvalue weighted by atomic mass is 10.0. The lowest BCUT2D eigenvalue weighted by molar-refractivity contribution is 0.0706. The summed E-state index contributed by atoms with van der Waals surface area (Å²) >= 11 is 0. The Morgan fingerprint density at radius 3 is 2.16 bits per heavy atom. The van der Waals surface area contributed by atoms with E-state index in [1.54, 1.807) is 24.7 Å². The molecule has 0 atom stereocenters. The highest BCUT2D eigenvalue weighted by molar-refractivity contribution is 6.08. The van der Waals surface area contributed by atoms with Crippen molar-refractivity contribution < 1.29 is 19.5 Å². The first kappa shape index (κ1) is 20.9. The van der Waals surface area contributed by atoms with Crippen molar-refractivity contribution >= 4 is 17.5 Å². The third kappa shape index (κ3) is 4.38. The lowest BCUT2D eigenvalue weighted by Crippen LogP contribution is -2.18. The predicted octanol–water partition coefficient (Wildman–Crippen LogP) is 4.73. The van der Waals surface area contributed by atoms with Crippen molar-refractivity contribution in [2.45, 2.75) is 0 Å². The van der Waals surface area contributed by atoms with Crippen LogP contribution < -0.4 is 15.5 Å². The Morgan fingerprint density at radius 2 is 1.53 bits per heavy atom. The van der Waals surface area contributed by atoms with Gasteiger partial charge in [-0.1, -0.05) is 42.5 Å². The van der Waals surface area contributed by atoms with E-state index in [-0.39, 0.29) is 11.5 Å². The molecule has 1 heterocycles. The molecule has 4 N–H and O–H groups in total. The number of rotatable bonds is 6. The first-order chi connectivity index (χ1) is 15.6. The summed E-state index contributed by atoms with van der Waals surface area (Å²) in [5, 5.41) is 11.6. The second-order valence-electron chi connectivity index (χ2n) is 7.04. The van der Waals surface area contributed by atoms with Gasteiger partial charge in [0.1, 0.15) is 11.4 Å². The molecule has 0 bridgehead atoms. The van der Waals surface area contributed by atoms with Crippen molar-refractivity contribution in [3.05, 3.63) is 96.2 Å². The van der Waals surface area contributed by atoms with Gasteiger partial charge in [0, 0.05) is 22.5 Å². The van der Waals surface area contributed by atoms with Crippen molar-refractivity contribution in [3.63, 3.8) is 0 Å². The Balaban J connectivity index is 1.68. The van der Waals surface area contributed by atoms with Gasteiger partial charge in [-0.2, -0.15) is 0 Å². The van der Waals surface area contributed by atoms with E-state index in [0.717, 1.165) is 28.1 Å². The largest absolute Gasteiger partial charge is 0.497 e. The normalized spacial score (nSPS) is 10.4. The minimum Gasteiger partial charge on any atom is -0.497 e. The zero-order valence-corrected chi connectivity index (χ0v) is 17.3. The number of H-pyrrole nitrogens is 1. The molecule has 0 saturated carbocycles. The maximum absolute atomic E-state index is 13.2. The van der Waals surface area contributed by atoms with Gasteiger partial charge in [0.2, 0.25) is 0 Å². The summed E-state index contributed by atoms with van der Waals surface area (Å²) in [5.41, 5.74) is 6.17. The van der Waals surface area contributed by atoms with Crippen LogP contribution in [0.15, 0.2) is 84.9 Å². The average molecular weight is 427 g/mol. The topological polar surface area (TPSA) is 103 Å². The molecule has 160 valence electrons. The molecule has 0 aliphatic carbocycles. The standard InChI is InChI=1S/C25H21N3O4/c1-32-20-13-9-16(10-14-20)21-15-22(17-5-3-2-4-6-17)27-23(21)25(30)26-19-11-7-18(8-12-19)24(29)28-31/h2-15,27,31H,1H3,(H,26,30)(H,28,29). The van der Waals surface area contributed by atoms with Gasteiger partial charge in [-0.25, -0.2) is 5.48 Å². The van der Waals surface area contributed by atoms with E-state index in [0.29, 0.717) is 11.4 Å². The number of aromatic nitrogens is 1. The number of methoxy groups -OCH3 is 1. The van der Waals surface area contributed by atoms with Crippen molar-refractivity contribution in [1.82, 2.24) is 10.5 Å². The fraction of sp³-hybridized carbons (Fsp3) is 0.0400. The zero-order valence-electron chi connectivity index (χ0n) is 17.3. The fourth-order valence-electron chi connectivity index (χ4n) is 3.37. The molecule has 0 saturated heterocycles. The summed E-state index contributed by atoms with van der Waals surface area (Å²) in [6.45, 7) is 0. The van der Waals surface area contributed by atoms with Crippen molar-refractivity contribution in [2.75, 3.05) is 12.4 Å². The van der Waals surface area contributed by atoms with Gasteiger partial charge >= 0.3 is 0 Å². The molecule has 0 fully saturated rings. The van der Waals surface area contributed by atoms with Gasteiger partial charge in [-0.05, 0) is 53.6 Å². The minimum absolute atomic E-state index is 0.274. The predicted molar refractivity (Wildman–Crippen MR) is 122 cm³/mol. The van der Waals surface area contributed by atoms with E-state index in [9.17, 15) is 9.59 Å². The second-order valence-corrected chi connectivity index (χ2v) is 7.04. The molecule has 4 rings (SSSR count). The van der Waals surface area contributed by atoms with Crippen molar-refractivity contribution in [1.29, 1.82) is 0 Å². The van der Waals surface area contributed by atoms with Gasteiger partial charge in [0.15, 0.2) is 0 Å². The van der Waals surface area contributed by atoms with Crippen LogP contribution in [-0.4, -0.2) is 29.1 Å². The first-order valence-corrected chi connectivity index (χ1v) is 9.87. The minimum atomic E-state index is -0.624. The summed E-state index contributed by atoms with van der Waals surface area (Å²) in [6, 6.07) is 25.4. The maximum Gasteiger partial charge on any atom is 0.274 e. The summed E-state index contributed by atoms with van der Waals surface area (Å²) in [5.74, 6) is -0.218. The van der Waals surface area contributed by atoms with Crippen LogP contribution in [-0.2, 0) is 0 Å². The number of carbonyl (C=O) groups excluding carboxylic acids is 2. The Bertz CT molecular complexity index is 1230. The summed E-state index contributed by atoms with van der Waals surface area (Å²) < 4.78 is 5.24. The van der Waals surface area contributed by atoms with Crippen molar-refractivity contribution in [2.24, 2.45) is 0 Å². The molecule has 1 aromatic heterocycles. The van der Waals surface area contributed by atoms with Crippen LogP contribution >= 0.6 is 0 Å². The quantitative estimate of drug-likeness (QED) is 0.264. The van der Waals surface area contributed by atoms with Crippen LogP contribution in [0.5, 0.6) is 5.75 Å². The maximum atomic E-state index is 13.2. The van der Waals surface area contributed by atoms with Crippen LogP contribution in [0.25, 0.3) is 22.4 Å². The molecule has 4 aromatic rings. The molecule has 32 heavy (non-hydrogen) atoms. The molecule has 0 aliphatic heterocycles. The number of nitrogens with one attached hydrogen (secondary N) is 3. The number of hydrogen-bond donors (Lipinski definition) is 4. The molecule has 0 spiro atoms. The molecule has 0 unspecified atom stereocenters. The number of carbonyl (C=O) groups is 2. The molecule has 3 aromatic carbocycles. The van der Waals surface area contributed by atoms with E-state index in [4.69, 9.17) is 9.94 Å². The van der Waals surface area contributed by atoms with E-state index in [1.807, 2.05) is 60.7 Å². The average Bonchev–Trinajstić information content (AvgIpc) is 3.30. The smallest absolute Gasteiger partial charge is 0.274 e. The van der Waals surface area contributed by atoms with Crippen LogP contribution in [0.3, 0.4) is 0 Å². The van der Waals surface area contributed by atoms with Crippen LogP contribution in [0, 0.1) is 0 Å². The molecular weight excluding hydrogens is 406 g/mol. The molecule has 0 radical (unpaired) electrons. The highest BCUT2D eigenvalue weighted by Crippen LogP contribution is 2.31. The molecule has 2 amide bonds. The Morgan fingerprint density at radius 1 is 0.844 bits per heavy atom. The molecule has 0 aliphatic rings. The number of ether oxygens (including phenoxy) is 1. The Kier molecular flexibility index (Phi) is 6.00. The number of aromatic amines is 1. The number of hydrogen-bond acceptors (Lipinski definition) is 4. The Labute approximate surface area is 184 Å². The summed E-state index contributed by atoms with van der Waals surface area (Å²) in [4.78, 5) is 27.9. The van der Waals surface area contributed by atoms with Gasteiger partial charge in [0.25, 0.3) is 11.8 Å². The van der Waals surface area contributed by atoms with Crippen LogP contribution in [0.4, 0.5) is 5.69 Å². The molecular formula is C25H21N3O4. The number of anilines is 1. The summed E-state index contributed by atoms with van der Waals surface area (Å²) in [6.07, 6.45) is 0. The lowest BCUT2D eigenvalue weighted by Gasteiger charge is -2.08. The number of benzene rings is 3. The van der Waals surface area contributed by atoms with Crippen LogP contribution in [0.2, 0.25) is 0 Å². The fourth-order valence-corrected chi connectivity index (χ4v) is 3.37. The van der Waals surface area contributed by atoms with Gasteiger partial charge in [-0.15, -0.1) is 0 Å². The number of hydroxylamine groups is 1. The highest BCUT2D eigenvalue weighted by atomic mass is 16.5. The van der Waals surface area contributed by atoms with Crippen LogP contribution in [0.1, 0.15) is 20.8 Å². The van der Waals surface area contributed by atoms with E-state index in [1.165, 1.54) is 12.1 Å². The SMILES string of the molecule is COc1ccc(-c2cc(-c3ccccc3)[nH]c2C(=O)Nc2ccc(C(=O)NO)cc2)cc1. The van der Waals surface area contributed by atoms with E-state index in [2.05, 4.69) is 10.3 Å². The zero-order chi connectivity index (χ0) is 22.5. The number of amides is 2. The van der Waals surface area contributed by atoms with Gasteiger partial charge in [0.05, 0.1) is 7.11 Å². The Hall–Kier alpha value is -4.36. The third-order valence-electron chi connectivity index (χ3n) is 5.04. The second kappa shape index (κ2) is 9.20. The summed E-state index contributed by atoms with van der Waals surface area (Å²) in [7, 11) is 1.60. The molecule has 7 heteroatoms.